The smallest absolute Gasteiger partial charge is 0.350 e. The summed E-state index contributed by atoms with van der Waals surface area (Å²) < 4.78 is 5.15. The van der Waals surface area contributed by atoms with Gasteiger partial charge in [-0.25, -0.2) is 9.78 Å². The minimum Gasteiger partial charge on any atom is -0.462 e. The van der Waals surface area contributed by atoms with Crippen LogP contribution in [-0.4, -0.2) is 50.9 Å². The molecule has 1 N–H and O–H groups in total. The molecular weight excluding hydrogens is 410 g/mol. The number of esters is 1. The third kappa shape index (κ3) is 3.64. The lowest BCUT2D eigenvalue weighted by Gasteiger charge is -2.29. The largest absolute Gasteiger partial charge is 0.462 e. The van der Waals surface area contributed by atoms with Gasteiger partial charge in [0.2, 0.25) is 11.8 Å². The van der Waals surface area contributed by atoms with Crippen molar-refractivity contribution in [2.45, 2.75) is 37.6 Å². The van der Waals surface area contributed by atoms with Gasteiger partial charge in [-0.1, -0.05) is 41.7 Å². The van der Waals surface area contributed by atoms with Gasteiger partial charge in [0, 0.05) is 17.7 Å². The number of aromatic nitrogens is 1. The third-order valence-electron chi connectivity index (χ3n) is 5.11. The highest BCUT2D eigenvalue weighted by Crippen LogP contribution is 2.47. The first kappa shape index (κ1) is 19.9. The van der Waals surface area contributed by atoms with Crippen LogP contribution in [-0.2, 0) is 14.3 Å². The summed E-state index contributed by atoms with van der Waals surface area (Å²) in [7, 11) is 0. The summed E-state index contributed by atoms with van der Waals surface area (Å²) in [5, 5.41) is 3.14. The average molecular weight is 432 g/mol. The topological polar surface area (TPSA) is 88.6 Å². The van der Waals surface area contributed by atoms with E-state index in [4.69, 9.17) is 4.74 Å². The first-order valence-electron chi connectivity index (χ1n) is 9.43. The summed E-state index contributed by atoms with van der Waals surface area (Å²) >= 11 is 2.72. The summed E-state index contributed by atoms with van der Waals surface area (Å²) in [6, 6.07) is 8.77. The van der Waals surface area contributed by atoms with E-state index in [0.717, 1.165) is 23.3 Å². The summed E-state index contributed by atoms with van der Waals surface area (Å²) in [6.07, 6.45) is 1.22. The molecule has 2 aliphatic heterocycles. The van der Waals surface area contributed by atoms with Crippen molar-refractivity contribution in [3.63, 3.8) is 0 Å². The maximum atomic E-state index is 12.9. The van der Waals surface area contributed by atoms with Crippen LogP contribution in [0.3, 0.4) is 0 Å². The quantitative estimate of drug-likeness (QED) is 0.730. The van der Waals surface area contributed by atoms with Gasteiger partial charge >= 0.3 is 5.97 Å². The number of thioether (sulfide) groups is 1. The van der Waals surface area contributed by atoms with Gasteiger partial charge in [0.05, 0.1) is 17.2 Å². The fourth-order valence-corrected chi connectivity index (χ4v) is 6.02. The molecule has 0 bridgehead atoms. The molecule has 152 valence electrons. The molecule has 29 heavy (non-hydrogen) atoms. The van der Waals surface area contributed by atoms with E-state index in [1.54, 1.807) is 23.6 Å². The van der Waals surface area contributed by atoms with Crippen molar-refractivity contribution in [2.24, 2.45) is 0 Å². The van der Waals surface area contributed by atoms with Gasteiger partial charge in [0.25, 0.3) is 0 Å². The van der Waals surface area contributed by atoms with Gasteiger partial charge in [-0.15, -0.1) is 11.8 Å². The fraction of sp³-hybridized carbons (Fsp3) is 0.400. The number of anilines is 1. The van der Waals surface area contributed by atoms with Gasteiger partial charge < -0.3 is 15.0 Å². The number of fused-ring (bicyclic) bond motifs is 1. The number of nitrogens with one attached hydrogen (secondary N) is 1. The SMILES string of the molecule is CCOC(=O)c1sc(NC(=O)C2CSC3(C)CCC(=O)N23)nc1-c1ccccc1. The summed E-state index contributed by atoms with van der Waals surface area (Å²) in [4.78, 5) is 43.9. The van der Waals surface area contributed by atoms with Crippen LogP contribution in [0.15, 0.2) is 30.3 Å². The molecule has 0 saturated carbocycles. The third-order valence-corrected chi connectivity index (χ3v) is 7.57. The molecule has 7 nitrogen and oxygen atoms in total. The van der Waals surface area contributed by atoms with Crippen molar-refractivity contribution in [2.75, 3.05) is 17.7 Å². The lowest BCUT2D eigenvalue weighted by atomic mass is 10.1. The Kier molecular flexibility index (Phi) is 5.35. The van der Waals surface area contributed by atoms with E-state index in [1.807, 2.05) is 37.3 Å². The second-order valence-electron chi connectivity index (χ2n) is 7.04. The first-order chi connectivity index (χ1) is 13.9. The van der Waals surface area contributed by atoms with E-state index in [1.165, 1.54) is 0 Å². The highest BCUT2D eigenvalue weighted by atomic mass is 32.2. The number of carbonyl (C=O) groups is 3. The van der Waals surface area contributed by atoms with Crippen LogP contribution in [0.2, 0.25) is 0 Å². The van der Waals surface area contributed by atoms with Crippen LogP contribution in [0.25, 0.3) is 11.3 Å². The number of nitrogens with zero attached hydrogens (tertiary/aromatic N) is 2. The highest BCUT2D eigenvalue weighted by molar-refractivity contribution is 8.01. The van der Waals surface area contributed by atoms with E-state index >= 15 is 0 Å². The van der Waals surface area contributed by atoms with Crippen molar-refractivity contribution < 1.29 is 19.1 Å². The Bertz CT molecular complexity index is 962. The average Bonchev–Trinajstić information content (AvgIpc) is 3.36. The fourth-order valence-electron chi connectivity index (χ4n) is 3.70. The van der Waals surface area contributed by atoms with Crippen LogP contribution in [0.4, 0.5) is 5.13 Å². The molecule has 0 aliphatic carbocycles. The molecular formula is C20H21N3O4S2. The van der Waals surface area contributed by atoms with Gasteiger partial charge in [-0.05, 0) is 20.3 Å². The lowest BCUT2D eigenvalue weighted by Crippen LogP contribution is -2.48. The molecule has 3 heterocycles. The van der Waals surface area contributed by atoms with Crippen molar-refractivity contribution in [3.8, 4) is 11.3 Å². The molecule has 2 amide bonds. The van der Waals surface area contributed by atoms with Crippen molar-refractivity contribution >= 4 is 46.0 Å². The summed E-state index contributed by atoms with van der Waals surface area (Å²) in [5.74, 6) is -0.187. The minimum atomic E-state index is -0.532. The zero-order chi connectivity index (χ0) is 20.6. The molecule has 2 saturated heterocycles. The zero-order valence-electron chi connectivity index (χ0n) is 16.1. The van der Waals surface area contributed by atoms with Gasteiger partial charge in [-0.3, -0.25) is 9.59 Å². The number of carbonyl (C=O) groups excluding carboxylic acids is 3. The van der Waals surface area contributed by atoms with Crippen LogP contribution < -0.4 is 5.32 Å². The van der Waals surface area contributed by atoms with Crippen molar-refractivity contribution in [1.29, 1.82) is 0 Å². The molecule has 1 aromatic carbocycles. The second-order valence-corrected chi connectivity index (χ2v) is 9.54. The molecule has 2 aliphatic rings. The number of thiazole rings is 1. The van der Waals surface area contributed by atoms with E-state index < -0.39 is 12.0 Å². The molecule has 4 rings (SSSR count). The molecule has 2 unspecified atom stereocenters. The number of rotatable bonds is 5. The lowest BCUT2D eigenvalue weighted by molar-refractivity contribution is -0.135. The van der Waals surface area contributed by atoms with Crippen LogP contribution in [0.1, 0.15) is 36.4 Å². The number of amides is 2. The predicted octanol–water partition coefficient (Wildman–Crippen LogP) is 3.38. The maximum Gasteiger partial charge on any atom is 0.350 e. The Hall–Kier alpha value is -2.39. The number of hydrogen-bond acceptors (Lipinski definition) is 7. The normalized spacial score (nSPS) is 23.2. The van der Waals surface area contributed by atoms with Crippen molar-refractivity contribution in [1.82, 2.24) is 9.88 Å². The molecule has 1 aromatic heterocycles. The molecule has 2 atom stereocenters. The summed E-state index contributed by atoms with van der Waals surface area (Å²) in [5.41, 5.74) is 1.25. The number of benzene rings is 1. The molecule has 2 fully saturated rings. The van der Waals surface area contributed by atoms with Gasteiger partial charge in [0.15, 0.2) is 5.13 Å². The number of hydrogen-bond donors (Lipinski definition) is 1. The van der Waals surface area contributed by atoms with Gasteiger partial charge in [0.1, 0.15) is 10.9 Å². The van der Waals surface area contributed by atoms with Crippen LogP contribution in [0.5, 0.6) is 0 Å². The monoisotopic (exact) mass is 431 g/mol. The Morgan fingerprint density at radius 2 is 2.10 bits per heavy atom. The standard InChI is InChI=1S/C20H21N3O4S2/c1-3-27-18(26)16-15(12-7-5-4-6-8-12)21-19(29-16)22-17(25)13-11-28-20(2)10-9-14(24)23(13)20/h4-8,13H,3,9-11H2,1-2H3,(H,21,22,25). The number of ether oxygens (including phenoxy) is 1. The second kappa shape index (κ2) is 7.79. The zero-order valence-corrected chi connectivity index (χ0v) is 17.8. The highest BCUT2D eigenvalue weighted by Gasteiger charge is 2.53. The molecule has 0 radical (unpaired) electrons. The van der Waals surface area contributed by atoms with E-state index in [0.29, 0.717) is 27.9 Å². The maximum absolute atomic E-state index is 12.9. The van der Waals surface area contributed by atoms with Crippen molar-refractivity contribution in [3.05, 3.63) is 35.2 Å². The molecule has 0 spiro atoms. The Morgan fingerprint density at radius 3 is 2.83 bits per heavy atom. The molecule has 2 aromatic rings. The van der Waals surface area contributed by atoms with E-state index in [-0.39, 0.29) is 23.3 Å². The van der Waals surface area contributed by atoms with Gasteiger partial charge in [-0.2, -0.15) is 0 Å². The first-order valence-corrected chi connectivity index (χ1v) is 11.2. The summed E-state index contributed by atoms with van der Waals surface area (Å²) in [6.45, 7) is 4.00. The minimum absolute atomic E-state index is 0.00831. The van der Waals surface area contributed by atoms with Crippen LogP contribution in [0, 0.1) is 0 Å². The van der Waals surface area contributed by atoms with Crippen LogP contribution >= 0.6 is 23.1 Å². The molecule has 9 heteroatoms. The van der Waals surface area contributed by atoms with E-state index in [9.17, 15) is 14.4 Å². The Balaban J connectivity index is 1.60. The van der Waals surface area contributed by atoms with E-state index in [2.05, 4.69) is 10.3 Å². The Morgan fingerprint density at radius 1 is 1.34 bits per heavy atom. The predicted molar refractivity (Wildman–Crippen MR) is 113 cm³/mol. The Labute approximate surface area is 176 Å².